The molecule has 3 aromatic heterocycles. The van der Waals surface area contributed by atoms with E-state index >= 15 is 0 Å². The molecule has 0 aromatic carbocycles. The number of imidazole rings is 1. The SMILES string of the molecule is Cc1cn2nc(N[C@H]3CCO[C@@H]3c3c(C)nn(C)c3C)sc2n1. The van der Waals surface area contributed by atoms with Crippen molar-refractivity contribution in [2.24, 2.45) is 7.05 Å². The third-order valence-corrected chi connectivity index (χ3v) is 5.27. The molecule has 1 N–H and O–H groups in total. The van der Waals surface area contributed by atoms with Crippen LogP contribution in [0.1, 0.15) is 35.2 Å². The van der Waals surface area contributed by atoms with E-state index in [1.807, 2.05) is 36.3 Å². The molecule has 3 aromatic rings. The zero-order valence-electron chi connectivity index (χ0n) is 13.7. The molecule has 0 saturated carbocycles. The van der Waals surface area contributed by atoms with Gasteiger partial charge in [0.15, 0.2) is 0 Å². The Morgan fingerprint density at radius 2 is 2.13 bits per heavy atom. The number of nitrogens with one attached hydrogen (secondary N) is 1. The summed E-state index contributed by atoms with van der Waals surface area (Å²) in [6, 6.07) is 0.202. The summed E-state index contributed by atoms with van der Waals surface area (Å²) in [7, 11) is 1.97. The molecule has 0 spiro atoms. The number of aryl methyl sites for hydroxylation is 3. The molecule has 23 heavy (non-hydrogen) atoms. The van der Waals surface area contributed by atoms with Gasteiger partial charge >= 0.3 is 0 Å². The van der Waals surface area contributed by atoms with Crippen molar-refractivity contribution < 1.29 is 4.74 Å². The van der Waals surface area contributed by atoms with E-state index in [0.29, 0.717) is 0 Å². The maximum Gasteiger partial charge on any atom is 0.214 e. The predicted octanol–water partition coefficient (Wildman–Crippen LogP) is 2.39. The number of hydrogen-bond donors (Lipinski definition) is 1. The zero-order chi connectivity index (χ0) is 16.1. The lowest BCUT2D eigenvalue weighted by Gasteiger charge is -2.20. The van der Waals surface area contributed by atoms with Gasteiger partial charge in [0.25, 0.3) is 0 Å². The van der Waals surface area contributed by atoms with E-state index in [2.05, 4.69) is 27.4 Å². The van der Waals surface area contributed by atoms with Gasteiger partial charge in [0.1, 0.15) is 6.10 Å². The summed E-state index contributed by atoms with van der Waals surface area (Å²) in [4.78, 5) is 5.36. The van der Waals surface area contributed by atoms with Crippen LogP contribution in [-0.4, -0.2) is 37.0 Å². The second-order valence-corrected chi connectivity index (χ2v) is 7.01. The van der Waals surface area contributed by atoms with Crippen molar-refractivity contribution in [3.05, 3.63) is 28.8 Å². The second-order valence-electron chi connectivity index (χ2n) is 6.06. The lowest BCUT2D eigenvalue weighted by atomic mass is 10.0. The molecule has 0 aliphatic carbocycles. The highest BCUT2D eigenvalue weighted by Gasteiger charge is 2.34. The number of aromatic nitrogens is 5. The van der Waals surface area contributed by atoms with Gasteiger partial charge in [-0.3, -0.25) is 4.68 Å². The Hall–Kier alpha value is -1.93. The zero-order valence-corrected chi connectivity index (χ0v) is 14.5. The first-order chi connectivity index (χ1) is 11.0. The van der Waals surface area contributed by atoms with Gasteiger partial charge in [0.2, 0.25) is 10.1 Å². The number of hydrogen-bond acceptors (Lipinski definition) is 6. The minimum atomic E-state index is 0.0154. The molecule has 0 amide bonds. The fraction of sp³-hybridized carbons (Fsp3) is 0.533. The van der Waals surface area contributed by atoms with Crippen molar-refractivity contribution in [3.8, 4) is 0 Å². The van der Waals surface area contributed by atoms with E-state index in [4.69, 9.17) is 4.74 Å². The first-order valence-corrected chi connectivity index (χ1v) is 8.55. The van der Waals surface area contributed by atoms with Gasteiger partial charge in [-0.25, -0.2) is 9.50 Å². The monoisotopic (exact) mass is 332 g/mol. The Morgan fingerprint density at radius 3 is 2.83 bits per heavy atom. The van der Waals surface area contributed by atoms with Crippen LogP contribution in [0, 0.1) is 20.8 Å². The van der Waals surface area contributed by atoms with E-state index in [9.17, 15) is 0 Å². The first-order valence-electron chi connectivity index (χ1n) is 7.74. The molecule has 7 nitrogen and oxygen atoms in total. The third-order valence-electron chi connectivity index (χ3n) is 4.41. The van der Waals surface area contributed by atoms with E-state index in [0.717, 1.165) is 40.2 Å². The lowest BCUT2D eigenvalue weighted by molar-refractivity contribution is 0.106. The third kappa shape index (κ3) is 2.42. The Kier molecular flexibility index (Phi) is 3.38. The summed E-state index contributed by atoms with van der Waals surface area (Å²) in [5.74, 6) is 0. The highest BCUT2D eigenvalue weighted by Crippen LogP contribution is 2.35. The van der Waals surface area contributed by atoms with Crippen molar-refractivity contribution in [3.63, 3.8) is 0 Å². The smallest absolute Gasteiger partial charge is 0.214 e. The van der Waals surface area contributed by atoms with E-state index in [1.54, 1.807) is 11.3 Å². The van der Waals surface area contributed by atoms with Crippen LogP contribution in [0.15, 0.2) is 6.20 Å². The van der Waals surface area contributed by atoms with Crippen molar-refractivity contribution in [2.75, 3.05) is 11.9 Å². The molecule has 0 unspecified atom stereocenters. The maximum absolute atomic E-state index is 6.01. The van der Waals surface area contributed by atoms with E-state index in [-0.39, 0.29) is 12.1 Å². The van der Waals surface area contributed by atoms with Crippen molar-refractivity contribution in [1.82, 2.24) is 24.4 Å². The molecular formula is C15H20N6OS. The summed E-state index contributed by atoms with van der Waals surface area (Å²) >= 11 is 1.57. The number of fused-ring (bicyclic) bond motifs is 1. The van der Waals surface area contributed by atoms with E-state index < -0.39 is 0 Å². The van der Waals surface area contributed by atoms with Gasteiger partial charge < -0.3 is 10.1 Å². The standard InChI is InChI=1S/C15H20N6OS/c1-8-7-21-15(16-8)23-14(19-21)17-11-5-6-22-13(11)12-9(2)18-20(4)10(12)3/h7,11,13H,5-6H2,1-4H3,(H,17,19)/t11-,13-/m0/s1. The second kappa shape index (κ2) is 5.31. The summed E-state index contributed by atoms with van der Waals surface area (Å²) in [6.45, 7) is 6.86. The van der Waals surface area contributed by atoms with Crippen LogP contribution in [0.4, 0.5) is 5.13 Å². The average Bonchev–Trinajstić information content (AvgIpc) is 3.18. The Balaban J connectivity index is 1.61. The Labute approximate surface area is 138 Å². The quantitative estimate of drug-likeness (QED) is 0.797. The molecule has 8 heteroatoms. The van der Waals surface area contributed by atoms with Gasteiger partial charge in [0.05, 0.1) is 23.6 Å². The molecule has 1 fully saturated rings. The van der Waals surface area contributed by atoms with Crippen LogP contribution < -0.4 is 5.32 Å². The van der Waals surface area contributed by atoms with Gasteiger partial charge in [-0.15, -0.1) is 5.10 Å². The Morgan fingerprint density at radius 1 is 1.30 bits per heavy atom. The number of rotatable bonds is 3. The molecule has 0 bridgehead atoms. The summed E-state index contributed by atoms with van der Waals surface area (Å²) in [6.07, 6.45) is 2.91. The van der Waals surface area contributed by atoms with Crippen molar-refractivity contribution in [1.29, 1.82) is 0 Å². The molecule has 4 rings (SSSR count). The van der Waals surface area contributed by atoms with Crippen LogP contribution in [0.3, 0.4) is 0 Å². The molecule has 0 radical (unpaired) electrons. The number of anilines is 1. The molecule has 1 aliphatic heterocycles. The van der Waals surface area contributed by atoms with Crippen LogP contribution in [0.5, 0.6) is 0 Å². The highest BCUT2D eigenvalue weighted by atomic mass is 32.1. The molecule has 2 atom stereocenters. The maximum atomic E-state index is 6.01. The van der Waals surface area contributed by atoms with Crippen molar-refractivity contribution in [2.45, 2.75) is 39.3 Å². The summed E-state index contributed by atoms with van der Waals surface area (Å²) in [5.41, 5.74) is 4.37. The molecule has 1 aliphatic rings. The van der Waals surface area contributed by atoms with Crippen LogP contribution in [0.25, 0.3) is 4.96 Å². The normalized spacial score (nSPS) is 21.4. The van der Waals surface area contributed by atoms with Gasteiger partial charge in [0, 0.05) is 24.9 Å². The fourth-order valence-corrected chi connectivity index (χ4v) is 4.14. The predicted molar refractivity (Wildman–Crippen MR) is 89.0 cm³/mol. The summed E-state index contributed by atoms with van der Waals surface area (Å²) < 4.78 is 9.76. The average molecular weight is 332 g/mol. The van der Waals surface area contributed by atoms with Crippen LogP contribution >= 0.6 is 11.3 Å². The number of nitrogens with zero attached hydrogens (tertiary/aromatic N) is 5. The Bertz CT molecular complexity index is 831. The molecule has 122 valence electrons. The highest BCUT2D eigenvalue weighted by molar-refractivity contribution is 7.20. The fourth-order valence-electron chi connectivity index (χ4n) is 3.25. The molecule has 4 heterocycles. The summed E-state index contributed by atoms with van der Waals surface area (Å²) in [5, 5.41) is 13.5. The molecule has 1 saturated heterocycles. The minimum absolute atomic E-state index is 0.0154. The van der Waals surface area contributed by atoms with Crippen LogP contribution in [0.2, 0.25) is 0 Å². The van der Waals surface area contributed by atoms with E-state index in [1.165, 1.54) is 5.56 Å². The minimum Gasteiger partial charge on any atom is -0.371 e. The number of ether oxygens (including phenoxy) is 1. The van der Waals surface area contributed by atoms with Crippen molar-refractivity contribution >= 4 is 21.4 Å². The van der Waals surface area contributed by atoms with Gasteiger partial charge in [-0.2, -0.15) is 5.10 Å². The molecular weight excluding hydrogens is 312 g/mol. The first kappa shape index (κ1) is 14.6. The lowest BCUT2D eigenvalue weighted by Crippen LogP contribution is -2.24. The topological polar surface area (TPSA) is 69.3 Å². The largest absolute Gasteiger partial charge is 0.371 e. The van der Waals surface area contributed by atoms with Gasteiger partial charge in [-0.05, 0) is 27.2 Å². The van der Waals surface area contributed by atoms with Crippen LogP contribution in [-0.2, 0) is 11.8 Å². The van der Waals surface area contributed by atoms with Gasteiger partial charge in [-0.1, -0.05) is 11.3 Å².